The highest BCUT2D eigenvalue weighted by molar-refractivity contribution is 5.35. The van der Waals surface area contributed by atoms with Gasteiger partial charge in [0.2, 0.25) is 0 Å². The fraction of sp³-hybridized carbons (Fsp3) is 1.00. The van der Waals surface area contributed by atoms with Crippen molar-refractivity contribution in [1.82, 2.24) is 0 Å². The average Bonchev–Trinajstić information content (AvgIpc) is 2.69. The minimum atomic E-state index is 0.520. The van der Waals surface area contributed by atoms with Gasteiger partial charge in [0.15, 0.2) is 0 Å². The van der Waals surface area contributed by atoms with Crippen LogP contribution < -0.4 is 0 Å². The van der Waals surface area contributed by atoms with Crippen molar-refractivity contribution in [2.24, 2.45) is 39.4 Å². The summed E-state index contributed by atoms with van der Waals surface area (Å²) in [6.07, 6.45) is 12.4. The van der Waals surface area contributed by atoms with E-state index in [9.17, 15) is 0 Å². The van der Waals surface area contributed by atoms with Crippen LogP contribution in [0.1, 0.15) is 86.0 Å². The average molecular weight is 274 g/mol. The standard InChI is InChI=1S/C20H34/c1-17(2,3)16-10-9-15-12-14-8-6-7-11-19(14)18(4,5)20(15,19)13-16/h14-16H,6-13H2,1-5H3. The third-order valence-corrected chi connectivity index (χ3v) is 8.96. The molecule has 4 saturated carbocycles. The summed E-state index contributed by atoms with van der Waals surface area (Å²) in [6, 6.07) is 0. The van der Waals surface area contributed by atoms with Gasteiger partial charge in [-0.2, -0.15) is 0 Å². The van der Waals surface area contributed by atoms with Crippen LogP contribution in [0.15, 0.2) is 0 Å². The highest BCUT2D eigenvalue weighted by Gasteiger charge is 2.88. The van der Waals surface area contributed by atoms with Gasteiger partial charge in [-0.3, -0.25) is 0 Å². The van der Waals surface area contributed by atoms with Gasteiger partial charge in [-0.05, 0) is 77.9 Å². The summed E-state index contributed by atoms with van der Waals surface area (Å²) in [6.45, 7) is 12.8. The van der Waals surface area contributed by atoms with E-state index < -0.39 is 0 Å². The van der Waals surface area contributed by atoms with E-state index in [1.54, 1.807) is 32.1 Å². The Labute approximate surface area is 126 Å². The largest absolute Gasteiger partial charge is 0.0599 e. The molecule has 5 atom stereocenters. The number of hydrogen-bond acceptors (Lipinski definition) is 0. The van der Waals surface area contributed by atoms with Crippen LogP contribution in [0.25, 0.3) is 0 Å². The molecule has 4 fully saturated rings. The number of rotatable bonds is 0. The Hall–Kier alpha value is 0. The smallest absolute Gasteiger partial charge is 0.0145 e. The first-order valence-electron chi connectivity index (χ1n) is 9.27. The van der Waals surface area contributed by atoms with Gasteiger partial charge in [0.1, 0.15) is 0 Å². The lowest BCUT2D eigenvalue weighted by atomic mass is 9.62. The molecule has 114 valence electrons. The molecule has 0 heterocycles. The molecule has 0 saturated heterocycles. The van der Waals surface area contributed by atoms with Gasteiger partial charge in [0.25, 0.3) is 0 Å². The molecule has 4 rings (SSSR count). The molecule has 0 aromatic rings. The molecule has 4 aliphatic rings. The monoisotopic (exact) mass is 274 g/mol. The summed E-state index contributed by atoms with van der Waals surface area (Å²) in [5.41, 5.74) is 2.69. The Bertz CT molecular complexity index is 426. The SMILES string of the molecule is CC(C)(C)C1CCC2CC3CCCCC34C(C)(C)C24C1. The predicted molar refractivity (Wildman–Crippen MR) is 85.5 cm³/mol. The van der Waals surface area contributed by atoms with Crippen LogP contribution in [0.2, 0.25) is 0 Å². The third kappa shape index (κ3) is 1.23. The molecule has 4 aliphatic carbocycles. The first-order valence-corrected chi connectivity index (χ1v) is 9.27. The van der Waals surface area contributed by atoms with E-state index in [2.05, 4.69) is 34.6 Å². The van der Waals surface area contributed by atoms with Crippen molar-refractivity contribution >= 4 is 0 Å². The van der Waals surface area contributed by atoms with E-state index in [0.29, 0.717) is 10.8 Å². The van der Waals surface area contributed by atoms with Crippen LogP contribution in [0.3, 0.4) is 0 Å². The highest BCUT2D eigenvalue weighted by Crippen LogP contribution is 2.94. The van der Waals surface area contributed by atoms with Gasteiger partial charge in [-0.1, -0.05) is 47.5 Å². The molecular weight excluding hydrogens is 240 g/mol. The maximum Gasteiger partial charge on any atom is -0.0145 e. The van der Waals surface area contributed by atoms with Crippen molar-refractivity contribution in [3.8, 4) is 0 Å². The Kier molecular flexibility index (Phi) is 2.50. The first kappa shape index (κ1) is 13.6. The van der Waals surface area contributed by atoms with Gasteiger partial charge in [-0.15, -0.1) is 0 Å². The molecule has 0 aliphatic heterocycles. The van der Waals surface area contributed by atoms with Gasteiger partial charge in [0, 0.05) is 0 Å². The summed E-state index contributed by atoms with van der Waals surface area (Å²) in [5.74, 6) is 3.15. The first-order chi connectivity index (χ1) is 9.27. The van der Waals surface area contributed by atoms with Crippen molar-refractivity contribution in [3.05, 3.63) is 0 Å². The van der Waals surface area contributed by atoms with Crippen LogP contribution >= 0.6 is 0 Å². The molecule has 0 radical (unpaired) electrons. The lowest BCUT2D eigenvalue weighted by Crippen LogP contribution is -2.34. The molecule has 0 heteroatoms. The van der Waals surface area contributed by atoms with Crippen molar-refractivity contribution in [2.45, 2.75) is 86.0 Å². The third-order valence-electron chi connectivity index (χ3n) is 8.96. The molecule has 0 aromatic heterocycles. The summed E-state index contributed by atoms with van der Waals surface area (Å²) in [5, 5.41) is 0. The van der Waals surface area contributed by atoms with Crippen molar-refractivity contribution in [1.29, 1.82) is 0 Å². The van der Waals surface area contributed by atoms with Crippen LogP contribution in [0.5, 0.6) is 0 Å². The van der Waals surface area contributed by atoms with E-state index >= 15 is 0 Å². The second-order valence-corrected chi connectivity index (χ2v) is 10.3. The van der Waals surface area contributed by atoms with E-state index in [1.807, 2.05) is 0 Å². The Morgan fingerprint density at radius 2 is 1.55 bits per heavy atom. The summed E-state index contributed by atoms with van der Waals surface area (Å²) in [7, 11) is 0. The Morgan fingerprint density at radius 1 is 0.850 bits per heavy atom. The Morgan fingerprint density at radius 3 is 2.25 bits per heavy atom. The van der Waals surface area contributed by atoms with Crippen molar-refractivity contribution < 1.29 is 0 Å². The molecule has 20 heavy (non-hydrogen) atoms. The normalized spacial score (nSPS) is 53.0. The Balaban J connectivity index is 1.73. The van der Waals surface area contributed by atoms with E-state index in [1.165, 1.54) is 19.3 Å². The number of hydrogen-bond donors (Lipinski definition) is 0. The molecular formula is C20H34. The van der Waals surface area contributed by atoms with E-state index in [0.717, 1.165) is 28.6 Å². The van der Waals surface area contributed by atoms with Crippen LogP contribution in [0.4, 0.5) is 0 Å². The molecule has 0 bridgehead atoms. The minimum Gasteiger partial charge on any atom is -0.0599 e. The zero-order valence-corrected chi connectivity index (χ0v) is 14.4. The van der Waals surface area contributed by atoms with Crippen molar-refractivity contribution in [2.75, 3.05) is 0 Å². The fourth-order valence-electron chi connectivity index (χ4n) is 8.13. The molecule has 0 nitrogen and oxygen atoms in total. The minimum absolute atomic E-state index is 0.520. The zero-order chi connectivity index (χ0) is 14.4. The maximum atomic E-state index is 2.66. The predicted octanol–water partition coefficient (Wildman–Crippen LogP) is 6.06. The quantitative estimate of drug-likeness (QED) is 0.504. The molecule has 0 amide bonds. The van der Waals surface area contributed by atoms with Crippen LogP contribution in [0, 0.1) is 39.4 Å². The van der Waals surface area contributed by atoms with E-state index in [-0.39, 0.29) is 0 Å². The highest BCUT2D eigenvalue weighted by atomic mass is 14.9. The summed E-state index contributed by atoms with van der Waals surface area (Å²) in [4.78, 5) is 0. The fourth-order valence-corrected chi connectivity index (χ4v) is 8.13. The lowest BCUT2D eigenvalue weighted by Gasteiger charge is -2.43. The topological polar surface area (TPSA) is 0 Å². The molecule has 2 spiro atoms. The van der Waals surface area contributed by atoms with Gasteiger partial charge >= 0.3 is 0 Å². The zero-order valence-electron chi connectivity index (χ0n) is 14.4. The second-order valence-electron chi connectivity index (χ2n) is 10.3. The van der Waals surface area contributed by atoms with E-state index in [4.69, 9.17) is 0 Å². The van der Waals surface area contributed by atoms with Crippen LogP contribution in [-0.4, -0.2) is 0 Å². The lowest BCUT2D eigenvalue weighted by molar-refractivity contribution is 0.0637. The van der Waals surface area contributed by atoms with Gasteiger partial charge in [0.05, 0.1) is 0 Å². The summed E-state index contributed by atoms with van der Waals surface area (Å²) < 4.78 is 0. The van der Waals surface area contributed by atoms with Gasteiger partial charge in [-0.25, -0.2) is 0 Å². The maximum absolute atomic E-state index is 2.66. The second kappa shape index (κ2) is 3.66. The van der Waals surface area contributed by atoms with Gasteiger partial charge < -0.3 is 0 Å². The molecule has 0 N–H and O–H groups in total. The molecule has 5 unspecified atom stereocenters. The van der Waals surface area contributed by atoms with Crippen molar-refractivity contribution in [3.63, 3.8) is 0 Å². The molecule has 0 aromatic carbocycles. The van der Waals surface area contributed by atoms with Crippen LogP contribution in [-0.2, 0) is 0 Å². The summed E-state index contributed by atoms with van der Waals surface area (Å²) >= 11 is 0.